The fourth-order valence-electron chi connectivity index (χ4n) is 12.9. The van der Waals surface area contributed by atoms with E-state index in [-0.39, 0.29) is 10.8 Å². The lowest BCUT2D eigenvalue weighted by molar-refractivity contribution is 0.661. The fraction of sp³-hybridized carbons (Fsp3) is 0.100. The summed E-state index contributed by atoms with van der Waals surface area (Å²) < 4.78 is 5.23. The molecule has 296 valence electrons. The Morgan fingerprint density at radius 1 is 0.365 bits per heavy atom. The number of nitrogens with zero attached hydrogens (tertiary/aromatic N) is 3. The molecule has 13 aromatic rings. The maximum absolute atomic E-state index is 2.63. The molecule has 63 heavy (non-hydrogen) atoms. The monoisotopic (exact) mass is 803 g/mol. The second kappa shape index (κ2) is 11.2. The van der Waals surface area contributed by atoms with Gasteiger partial charge in [-0.05, 0) is 99.1 Å². The zero-order valence-corrected chi connectivity index (χ0v) is 35.6. The van der Waals surface area contributed by atoms with Gasteiger partial charge in [0.1, 0.15) is 0 Å². The van der Waals surface area contributed by atoms with Crippen molar-refractivity contribution in [3.8, 4) is 22.3 Å². The van der Waals surface area contributed by atoms with Crippen molar-refractivity contribution in [2.24, 2.45) is 0 Å². The van der Waals surface area contributed by atoms with Crippen molar-refractivity contribution in [3.63, 3.8) is 0 Å². The lowest BCUT2D eigenvalue weighted by Gasteiger charge is -2.33. The van der Waals surface area contributed by atoms with Gasteiger partial charge in [-0.1, -0.05) is 149 Å². The number of benzene rings is 9. The highest BCUT2D eigenvalue weighted by molar-refractivity contribution is 6.36. The second-order valence-corrected chi connectivity index (χ2v) is 19.2. The van der Waals surface area contributed by atoms with E-state index in [1.165, 1.54) is 126 Å². The molecule has 0 atom stereocenters. The summed E-state index contributed by atoms with van der Waals surface area (Å²) >= 11 is 0. The highest BCUT2D eigenvalue weighted by Gasteiger charge is 2.44. The Bertz CT molecular complexity index is 4090. The second-order valence-electron chi connectivity index (χ2n) is 19.2. The van der Waals surface area contributed by atoms with Gasteiger partial charge in [-0.3, -0.25) is 0 Å². The lowest BCUT2D eigenvalue weighted by atomic mass is 9.80. The quantitative estimate of drug-likeness (QED) is 0.173. The fourth-order valence-corrected chi connectivity index (χ4v) is 12.9. The number of aromatic nitrogens is 2. The molecule has 4 heterocycles. The van der Waals surface area contributed by atoms with Crippen LogP contribution in [0.2, 0.25) is 0 Å². The molecule has 2 aliphatic rings. The summed E-state index contributed by atoms with van der Waals surface area (Å²) in [5.74, 6) is 0. The first-order valence-corrected chi connectivity index (χ1v) is 22.4. The van der Waals surface area contributed by atoms with Crippen molar-refractivity contribution >= 4 is 93.3 Å². The van der Waals surface area contributed by atoms with E-state index < -0.39 is 0 Å². The van der Waals surface area contributed by atoms with E-state index in [0.29, 0.717) is 0 Å². The minimum absolute atomic E-state index is 0.126. The summed E-state index contributed by atoms with van der Waals surface area (Å²) in [5.41, 5.74) is 21.8. The summed E-state index contributed by atoms with van der Waals surface area (Å²) in [5, 5.41) is 10.6. The Kier molecular flexibility index (Phi) is 6.07. The van der Waals surface area contributed by atoms with Gasteiger partial charge < -0.3 is 13.7 Å². The van der Waals surface area contributed by atoms with Crippen molar-refractivity contribution < 1.29 is 0 Å². The highest BCUT2D eigenvalue weighted by atomic mass is 15.2. The third-order valence-electron chi connectivity index (χ3n) is 15.5. The molecule has 15 rings (SSSR count). The molecule has 0 amide bonds. The van der Waals surface area contributed by atoms with Crippen LogP contribution in [-0.2, 0) is 10.8 Å². The summed E-state index contributed by atoms with van der Waals surface area (Å²) in [4.78, 5) is 2.55. The molecular weight excluding hydrogens is 763 g/mol. The van der Waals surface area contributed by atoms with Crippen molar-refractivity contribution in [3.05, 3.63) is 198 Å². The number of rotatable bonds is 3. The number of anilines is 3. The van der Waals surface area contributed by atoms with Crippen LogP contribution in [0.25, 0.3) is 98.4 Å². The Labute approximate surface area is 364 Å². The van der Waals surface area contributed by atoms with Gasteiger partial charge in [-0.2, -0.15) is 0 Å². The van der Waals surface area contributed by atoms with Crippen LogP contribution in [0, 0.1) is 0 Å². The predicted molar refractivity (Wildman–Crippen MR) is 266 cm³/mol. The van der Waals surface area contributed by atoms with E-state index in [4.69, 9.17) is 0 Å². The van der Waals surface area contributed by atoms with Gasteiger partial charge in [0.2, 0.25) is 0 Å². The van der Waals surface area contributed by atoms with Crippen LogP contribution in [0.15, 0.2) is 176 Å². The molecule has 9 aromatic carbocycles. The highest BCUT2D eigenvalue weighted by Crippen LogP contribution is 2.62. The summed E-state index contributed by atoms with van der Waals surface area (Å²) in [7, 11) is 0. The van der Waals surface area contributed by atoms with Gasteiger partial charge in [-0.15, -0.1) is 0 Å². The Hall–Kier alpha value is -7.62. The number of fused-ring (bicyclic) bond motifs is 20. The molecule has 0 N–H and O–H groups in total. The van der Waals surface area contributed by atoms with E-state index in [0.717, 1.165) is 11.4 Å². The molecule has 0 unspecified atom stereocenters. The molecule has 4 aromatic heterocycles. The first kappa shape index (κ1) is 34.0. The molecule has 0 spiro atoms. The average Bonchev–Trinajstić information content (AvgIpc) is 4.12. The molecular formula is C60H41N3. The van der Waals surface area contributed by atoms with Crippen LogP contribution in [0.5, 0.6) is 0 Å². The Morgan fingerprint density at radius 3 is 1.51 bits per heavy atom. The van der Waals surface area contributed by atoms with E-state index in [1.807, 2.05) is 0 Å². The van der Waals surface area contributed by atoms with Gasteiger partial charge in [0.05, 0.1) is 38.8 Å². The Morgan fingerprint density at radius 2 is 0.857 bits per heavy atom. The van der Waals surface area contributed by atoms with Crippen LogP contribution in [0.1, 0.15) is 49.9 Å². The summed E-state index contributed by atoms with van der Waals surface area (Å²) in [6.07, 6.45) is 0. The molecule has 0 radical (unpaired) electrons. The van der Waals surface area contributed by atoms with Gasteiger partial charge >= 0.3 is 0 Å². The largest absolute Gasteiger partial charge is 0.309 e. The van der Waals surface area contributed by atoms with E-state index >= 15 is 0 Å². The zero-order valence-electron chi connectivity index (χ0n) is 35.6. The zero-order chi connectivity index (χ0) is 41.7. The molecule has 3 heteroatoms. The predicted octanol–water partition coefficient (Wildman–Crippen LogP) is 16.1. The van der Waals surface area contributed by atoms with E-state index in [9.17, 15) is 0 Å². The molecule has 0 aliphatic heterocycles. The topological polar surface area (TPSA) is 12.1 Å². The number of hydrogen-bond acceptors (Lipinski definition) is 1. The molecule has 0 fully saturated rings. The Balaban J connectivity index is 1.21. The van der Waals surface area contributed by atoms with Crippen LogP contribution in [0.3, 0.4) is 0 Å². The molecule has 0 bridgehead atoms. The molecule has 0 saturated carbocycles. The van der Waals surface area contributed by atoms with Crippen molar-refractivity contribution in [1.82, 2.24) is 8.80 Å². The lowest BCUT2D eigenvalue weighted by Crippen LogP contribution is -2.21. The van der Waals surface area contributed by atoms with Crippen LogP contribution >= 0.6 is 0 Å². The summed E-state index contributed by atoms with van der Waals surface area (Å²) in [6.45, 7) is 9.73. The minimum Gasteiger partial charge on any atom is -0.309 e. The maximum atomic E-state index is 2.63. The van der Waals surface area contributed by atoms with E-state index in [2.05, 4.69) is 217 Å². The standard InChI is InChI=1S/C60H41N3/c1-59(2)43-27-15-11-24-37(43)50-45(59)31-40-36-23-13-17-29-46(36)62-48-33-42-49(32-41(48)52(50)56(40)62)63-47-30-18-14-26-39(47)54-57(63)53(42)51-38-25-12-16-28-44(38)60(3,4)55(51)58(54)61(34-19-7-5-8-20-34)35-21-9-6-10-22-35/h5-33H,1-4H3. The number of para-hydroxylation sites is 4. The van der Waals surface area contributed by atoms with Crippen LogP contribution < -0.4 is 4.90 Å². The normalized spacial score (nSPS) is 14.9. The molecule has 0 saturated heterocycles. The van der Waals surface area contributed by atoms with Gasteiger partial charge in [0.15, 0.2) is 0 Å². The smallest absolute Gasteiger partial charge is 0.0648 e. The molecule has 2 aliphatic carbocycles. The molecule has 3 nitrogen and oxygen atoms in total. The first-order chi connectivity index (χ1) is 30.8. The van der Waals surface area contributed by atoms with Gasteiger partial charge in [-0.25, -0.2) is 0 Å². The number of hydrogen-bond donors (Lipinski definition) is 0. The van der Waals surface area contributed by atoms with Gasteiger partial charge in [0, 0.05) is 65.3 Å². The third kappa shape index (κ3) is 3.87. The van der Waals surface area contributed by atoms with Crippen LogP contribution in [0.4, 0.5) is 17.1 Å². The maximum Gasteiger partial charge on any atom is 0.0648 e. The van der Waals surface area contributed by atoms with Crippen molar-refractivity contribution in [2.45, 2.75) is 38.5 Å². The van der Waals surface area contributed by atoms with Crippen molar-refractivity contribution in [1.29, 1.82) is 0 Å². The SMILES string of the molecule is CC1(C)c2ccccc2-c2c1cc1c3ccccc3n3c4cc5c6c7c(c(N(c8ccccc8)c8ccccc8)c8c9ccccc9n(c5cc4c2c13)c68)C(C)(C)c1ccccc1-7. The first-order valence-electron chi connectivity index (χ1n) is 22.4. The summed E-state index contributed by atoms with van der Waals surface area (Å²) in [6, 6.07) is 66.3. The average molecular weight is 804 g/mol. The van der Waals surface area contributed by atoms with Crippen LogP contribution in [-0.4, -0.2) is 8.80 Å². The third-order valence-corrected chi connectivity index (χ3v) is 15.5. The van der Waals surface area contributed by atoms with Gasteiger partial charge in [0.25, 0.3) is 0 Å². The van der Waals surface area contributed by atoms with Crippen molar-refractivity contribution in [2.75, 3.05) is 4.90 Å². The minimum atomic E-state index is -0.295. The van der Waals surface area contributed by atoms with E-state index in [1.54, 1.807) is 0 Å².